The Morgan fingerprint density at radius 2 is 1.62 bits per heavy atom. The van der Waals surface area contributed by atoms with Crippen LogP contribution in [0.1, 0.15) is 34.1 Å². The third-order valence-corrected chi connectivity index (χ3v) is 1.79. The van der Waals surface area contributed by atoms with Crippen LogP contribution in [0.4, 0.5) is 4.79 Å². The van der Waals surface area contributed by atoms with E-state index >= 15 is 0 Å². The van der Waals surface area contributed by atoms with E-state index in [1.165, 1.54) is 0 Å². The molecule has 2 N–H and O–H groups in total. The highest BCUT2D eigenvalue weighted by atomic mass is 16.6. The summed E-state index contributed by atoms with van der Waals surface area (Å²) in [6.07, 6.45) is 0.178. The molecular weight excluding hydrogens is 208 g/mol. The van der Waals surface area contributed by atoms with Gasteiger partial charge >= 0.3 is 6.09 Å². The van der Waals surface area contributed by atoms with Crippen LogP contribution >= 0.6 is 0 Å². The van der Waals surface area contributed by atoms with E-state index in [-0.39, 0.29) is 17.9 Å². The topological polar surface area (TPSA) is 67.4 Å². The molecule has 0 rings (SSSR count). The maximum absolute atomic E-state index is 11.2. The number of amides is 2. The first-order chi connectivity index (χ1) is 7.43. The van der Waals surface area contributed by atoms with Crippen molar-refractivity contribution in [1.29, 1.82) is 0 Å². The molecule has 0 unspecified atom stereocenters. The number of ether oxygens (including phenoxy) is 1. The van der Waals surface area contributed by atoms with Crippen LogP contribution in [0.15, 0.2) is 0 Å². The van der Waals surface area contributed by atoms with Gasteiger partial charge in [-0.2, -0.15) is 0 Å². The second kappa shape index (κ2) is 7.96. The summed E-state index contributed by atoms with van der Waals surface area (Å²) in [5.74, 6) is 0.0311. The number of alkyl carbamates (subject to hydrolysis) is 1. The lowest BCUT2D eigenvalue weighted by molar-refractivity contribution is -0.123. The highest BCUT2D eigenvalue weighted by molar-refractivity contribution is 5.77. The fraction of sp³-hybridized carbons (Fsp3) is 0.818. The minimum absolute atomic E-state index is 0.00105. The van der Waals surface area contributed by atoms with E-state index in [1.807, 2.05) is 13.8 Å². The lowest BCUT2D eigenvalue weighted by Gasteiger charge is -2.10. The van der Waals surface area contributed by atoms with Gasteiger partial charge in [0.25, 0.3) is 0 Å². The Morgan fingerprint density at radius 3 is 2.12 bits per heavy atom. The first kappa shape index (κ1) is 14.7. The Hall–Kier alpha value is -1.26. The summed E-state index contributed by atoms with van der Waals surface area (Å²) in [6.45, 7) is 8.34. The fourth-order valence-corrected chi connectivity index (χ4v) is 0.950. The molecule has 0 spiro atoms. The molecule has 0 aromatic carbocycles. The monoisotopic (exact) mass is 230 g/mol. The summed E-state index contributed by atoms with van der Waals surface area (Å²) in [5.41, 5.74) is 0. The zero-order chi connectivity index (χ0) is 12.6. The highest BCUT2D eigenvalue weighted by Crippen LogP contribution is 1.90. The molecule has 16 heavy (non-hydrogen) atoms. The zero-order valence-electron chi connectivity index (χ0n) is 10.5. The number of rotatable bonds is 6. The van der Waals surface area contributed by atoms with E-state index < -0.39 is 6.09 Å². The predicted octanol–water partition coefficient (Wildman–Crippen LogP) is 1.28. The fourth-order valence-electron chi connectivity index (χ4n) is 0.950. The van der Waals surface area contributed by atoms with E-state index in [0.29, 0.717) is 19.5 Å². The van der Waals surface area contributed by atoms with Crippen molar-refractivity contribution in [2.75, 3.05) is 13.1 Å². The van der Waals surface area contributed by atoms with E-state index in [2.05, 4.69) is 10.6 Å². The summed E-state index contributed by atoms with van der Waals surface area (Å²) in [6, 6.07) is 0. The largest absolute Gasteiger partial charge is 0.447 e. The van der Waals surface area contributed by atoms with Gasteiger partial charge in [0.15, 0.2) is 0 Å². The summed E-state index contributed by atoms with van der Waals surface area (Å²) >= 11 is 0. The quantitative estimate of drug-likeness (QED) is 0.675. The molecule has 0 aliphatic rings. The number of carbonyl (C=O) groups is 2. The van der Waals surface area contributed by atoms with Crippen LogP contribution in [0.25, 0.3) is 0 Å². The molecule has 0 aliphatic heterocycles. The van der Waals surface area contributed by atoms with Crippen molar-refractivity contribution >= 4 is 12.0 Å². The van der Waals surface area contributed by atoms with Crippen LogP contribution in [0.2, 0.25) is 0 Å². The van der Waals surface area contributed by atoms with Gasteiger partial charge in [-0.25, -0.2) is 4.79 Å². The average Bonchev–Trinajstić information content (AvgIpc) is 2.15. The molecule has 0 fully saturated rings. The van der Waals surface area contributed by atoms with E-state index in [1.54, 1.807) is 13.8 Å². The van der Waals surface area contributed by atoms with Crippen LogP contribution in [-0.2, 0) is 9.53 Å². The van der Waals surface area contributed by atoms with Gasteiger partial charge in [0.2, 0.25) is 5.91 Å². The van der Waals surface area contributed by atoms with Gasteiger partial charge < -0.3 is 15.4 Å². The molecule has 0 aromatic heterocycles. The van der Waals surface area contributed by atoms with Crippen LogP contribution in [0, 0.1) is 5.92 Å². The minimum Gasteiger partial charge on any atom is -0.447 e. The van der Waals surface area contributed by atoms with Crippen molar-refractivity contribution in [2.45, 2.75) is 40.2 Å². The van der Waals surface area contributed by atoms with Gasteiger partial charge in [0.1, 0.15) is 0 Å². The van der Waals surface area contributed by atoms with Crippen LogP contribution < -0.4 is 10.6 Å². The molecule has 0 aromatic rings. The van der Waals surface area contributed by atoms with Crippen molar-refractivity contribution in [1.82, 2.24) is 10.6 Å². The summed E-state index contributed by atoms with van der Waals surface area (Å²) in [5, 5.41) is 5.37. The molecule has 0 radical (unpaired) electrons. The highest BCUT2D eigenvalue weighted by Gasteiger charge is 2.06. The van der Waals surface area contributed by atoms with Crippen molar-refractivity contribution in [3.63, 3.8) is 0 Å². The van der Waals surface area contributed by atoms with Gasteiger partial charge in [0, 0.05) is 19.0 Å². The maximum Gasteiger partial charge on any atom is 0.407 e. The van der Waals surface area contributed by atoms with Crippen molar-refractivity contribution in [3.05, 3.63) is 0 Å². The Balaban J connectivity index is 3.40. The molecule has 2 amide bonds. The lowest BCUT2D eigenvalue weighted by Crippen LogP contribution is -2.32. The summed E-state index contributed by atoms with van der Waals surface area (Å²) in [4.78, 5) is 22.2. The maximum atomic E-state index is 11.2. The van der Waals surface area contributed by atoms with Crippen molar-refractivity contribution in [2.24, 2.45) is 5.92 Å². The lowest BCUT2D eigenvalue weighted by atomic mass is 10.2. The van der Waals surface area contributed by atoms with Gasteiger partial charge in [-0.15, -0.1) is 0 Å². The molecule has 94 valence electrons. The molecule has 5 nitrogen and oxygen atoms in total. The number of hydrogen-bond acceptors (Lipinski definition) is 3. The normalized spacial score (nSPS) is 10.4. The second-order valence-electron chi connectivity index (χ2n) is 4.18. The Labute approximate surface area is 96.9 Å². The Morgan fingerprint density at radius 1 is 1.06 bits per heavy atom. The molecule has 0 saturated heterocycles. The third-order valence-electron chi connectivity index (χ3n) is 1.79. The third kappa shape index (κ3) is 8.08. The van der Waals surface area contributed by atoms with Gasteiger partial charge in [0.05, 0.1) is 6.10 Å². The number of carbonyl (C=O) groups excluding carboxylic acids is 2. The number of hydrogen-bond donors (Lipinski definition) is 2. The SMILES string of the molecule is CC(C)OC(=O)NCCCNC(=O)C(C)C. The zero-order valence-corrected chi connectivity index (χ0v) is 10.5. The standard InChI is InChI=1S/C11H22N2O3/c1-8(2)10(14)12-6-5-7-13-11(15)16-9(3)4/h8-9H,5-7H2,1-4H3,(H,12,14)(H,13,15). The van der Waals surface area contributed by atoms with Gasteiger partial charge in [-0.05, 0) is 20.3 Å². The van der Waals surface area contributed by atoms with Gasteiger partial charge in [-0.3, -0.25) is 4.79 Å². The Bertz CT molecular complexity index is 227. The molecular formula is C11H22N2O3. The average molecular weight is 230 g/mol. The minimum atomic E-state index is -0.412. The van der Waals surface area contributed by atoms with Crippen LogP contribution in [-0.4, -0.2) is 31.2 Å². The molecule has 0 bridgehead atoms. The van der Waals surface area contributed by atoms with E-state index in [0.717, 1.165) is 0 Å². The van der Waals surface area contributed by atoms with Crippen LogP contribution in [0.5, 0.6) is 0 Å². The summed E-state index contributed by atoms with van der Waals surface area (Å²) in [7, 11) is 0. The number of nitrogens with one attached hydrogen (secondary N) is 2. The van der Waals surface area contributed by atoms with Crippen LogP contribution in [0.3, 0.4) is 0 Å². The molecule has 0 aliphatic carbocycles. The second-order valence-corrected chi connectivity index (χ2v) is 4.18. The van der Waals surface area contributed by atoms with E-state index in [9.17, 15) is 9.59 Å². The first-order valence-electron chi connectivity index (χ1n) is 5.65. The first-order valence-corrected chi connectivity index (χ1v) is 5.65. The molecule has 0 saturated carbocycles. The predicted molar refractivity (Wildman–Crippen MR) is 62.1 cm³/mol. The molecule has 0 atom stereocenters. The van der Waals surface area contributed by atoms with E-state index in [4.69, 9.17) is 4.74 Å². The van der Waals surface area contributed by atoms with Crippen molar-refractivity contribution in [3.8, 4) is 0 Å². The van der Waals surface area contributed by atoms with Crippen molar-refractivity contribution < 1.29 is 14.3 Å². The molecule has 0 heterocycles. The Kier molecular flexibility index (Phi) is 7.33. The smallest absolute Gasteiger partial charge is 0.407 e. The van der Waals surface area contributed by atoms with Gasteiger partial charge in [-0.1, -0.05) is 13.8 Å². The molecule has 5 heteroatoms. The summed E-state index contributed by atoms with van der Waals surface area (Å²) < 4.78 is 4.88.